The number of aromatic nitrogens is 1. The molecule has 1 fully saturated rings. The van der Waals surface area contributed by atoms with Crippen molar-refractivity contribution >= 4 is 29.1 Å². The molecule has 2 heterocycles. The van der Waals surface area contributed by atoms with Crippen molar-refractivity contribution < 1.29 is 9.59 Å². The van der Waals surface area contributed by atoms with Gasteiger partial charge < -0.3 is 0 Å². The summed E-state index contributed by atoms with van der Waals surface area (Å²) < 4.78 is 0. The van der Waals surface area contributed by atoms with Gasteiger partial charge in [-0.25, -0.2) is 4.99 Å². The first-order valence-electron chi connectivity index (χ1n) is 3.80. The van der Waals surface area contributed by atoms with Crippen molar-refractivity contribution in [3.8, 4) is 0 Å². The van der Waals surface area contributed by atoms with Gasteiger partial charge in [0.1, 0.15) is 0 Å². The first kappa shape index (κ1) is 8.82. The van der Waals surface area contributed by atoms with Crippen molar-refractivity contribution in [2.45, 2.75) is 6.54 Å². The molecule has 1 aromatic heterocycles. The Morgan fingerprint density at radius 1 is 1.36 bits per heavy atom. The van der Waals surface area contributed by atoms with Crippen molar-refractivity contribution in [3.05, 3.63) is 16.6 Å². The van der Waals surface area contributed by atoms with Gasteiger partial charge in [0.05, 0.1) is 12.1 Å². The fraction of sp³-hybridized carbons (Fsp3) is 0.143. The number of carbonyl (C=O) groups is 2. The molecule has 1 aliphatic heterocycles. The number of thiazole rings is 1. The summed E-state index contributed by atoms with van der Waals surface area (Å²) in [4.78, 5) is 30.3. The molecule has 0 saturated carbocycles. The first-order chi connectivity index (χ1) is 6.75. The van der Waals surface area contributed by atoms with E-state index in [4.69, 9.17) is 0 Å². The van der Waals surface area contributed by atoms with Crippen molar-refractivity contribution in [1.82, 2.24) is 15.6 Å². The molecule has 0 unspecified atom stereocenters. The summed E-state index contributed by atoms with van der Waals surface area (Å²) in [6, 6.07) is 0. The Morgan fingerprint density at radius 2 is 2.07 bits per heavy atom. The molecule has 0 aromatic carbocycles. The molecule has 0 radical (unpaired) electrons. The van der Waals surface area contributed by atoms with Crippen LogP contribution in [0.2, 0.25) is 0 Å². The topological polar surface area (TPSA) is 83.4 Å². The average molecular weight is 210 g/mol. The van der Waals surface area contributed by atoms with E-state index in [-0.39, 0.29) is 5.96 Å². The van der Waals surface area contributed by atoms with Crippen molar-refractivity contribution in [2.75, 3.05) is 0 Å². The Labute approximate surface area is 83.1 Å². The van der Waals surface area contributed by atoms with Gasteiger partial charge in [0.25, 0.3) is 0 Å². The van der Waals surface area contributed by atoms with Gasteiger partial charge in [-0.1, -0.05) is 0 Å². The summed E-state index contributed by atoms with van der Waals surface area (Å²) >= 11 is 1.46. The average Bonchev–Trinajstić information content (AvgIpc) is 2.74. The molecule has 2 N–H and O–H groups in total. The highest BCUT2D eigenvalue weighted by Crippen LogP contribution is 2.06. The molecule has 0 aliphatic carbocycles. The molecule has 2 rings (SSSR count). The number of hydrogen-bond donors (Lipinski definition) is 2. The standard InChI is InChI=1S/C7H6N4O2S/c12-5-6(13)11-7(10-5)9-2-4-1-8-3-14-4/h1,3H,2H2,(H2,9,10,11,12,13). The van der Waals surface area contributed by atoms with E-state index >= 15 is 0 Å². The van der Waals surface area contributed by atoms with Gasteiger partial charge in [0.2, 0.25) is 5.96 Å². The highest BCUT2D eigenvalue weighted by atomic mass is 32.1. The zero-order valence-electron chi connectivity index (χ0n) is 6.98. The van der Waals surface area contributed by atoms with E-state index in [0.29, 0.717) is 6.54 Å². The predicted octanol–water partition coefficient (Wildman–Crippen LogP) is -0.755. The van der Waals surface area contributed by atoms with Crippen molar-refractivity contribution in [2.24, 2.45) is 4.99 Å². The Kier molecular flexibility index (Phi) is 2.23. The second-order valence-corrected chi connectivity index (χ2v) is 3.51. The molecular weight excluding hydrogens is 204 g/mol. The number of amides is 2. The van der Waals surface area contributed by atoms with Crippen molar-refractivity contribution in [3.63, 3.8) is 0 Å². The number of carbonyl (C=O) groups excluding carboxylic acids is 2. The van der Waals surface area contributed by atoms with Gasteiger partial charge >= 0.3 is 11.8 Å². The van der Waals surface area contributed by atoms with Crippen LogP contribution in [0.5, 0.6) is 0 Å². The van der Waals surface area contributed by atoms with Crippen LogP contribution in [0.3, 0.4) is 0 Å². The fourth-order valence-electron chi connectivity index (χ4n) is 0.916. The number of nitrogens with one attached hydrogen (secondary N) is 2. The summed E-state index contributed by atoms with van der Waals surface area (Å²) in [5, 5.41) is 4.60. The zero-order chi connectivity index (χ0) is 9.97. The van der Waals surface area contributed by atoms with Gasteiger partial charge in [-0.2, -0.15) is 0 Å². The molecule has 0 atom stereocenters. The van der Waals surface area contributed by atoms with Crippen molar-refractivity contribution in [1.29, 1.82) is 0 Å². The van der Waals surface area contributed by atoms with E-state index < -0.39 is 11.8 Å². The molecule has 0 spiro atoms. The molecule has 2 amide bonds. The summed E-state index contributed by atoms with van der Waals surface area (Å²) in [6.45, 7) is 0.403. The summed E-state index contributed by atoms with van der Waals surface area (Å²) in [5.41, 5.74) is 1.70. The normalized spacial score (nSPS) is 15.3. The highest BCUT2D eigenvalue weighted by molar-refractivity contribution is 7.09. The number of rotatable bonds is 2. The van der Waals surface area contributed by atoms with Gasteiger partial charge in [-0.15, -0.1) is 11.3 Å². The van der Waals surface area contributed by atoms with E-state index in [2.05, 4.69) is 20.6 Å². The third-order valence-corrected chi connectivity index (χ3v) is 2.31. The van der Waals surface area contributed by atoms with E-state index in [1.807, 2.05) is 0 Å². The third-order valence-electron chi connectivity index (χ3n) is 1.55. The van der Waals surface area contributed by atoms with Crippen LogP contribution < -0.4 is 10.6 Å². The smallest absolute Gasteiger partial charge is 0.288 e. The largest absolute Gasteiger partial charge is 0.316 e. The monoisotopic (exact) mass is 210 g/mol. The molecule has 1 aromatic rings. The lowest BCUT2D eigenvalue weighted by molar-refractivity contribution is -0.135. The summed E-state index contributed by atoms with van der Waals surface area (Å²) in [5.74, 6) is -1.14. The number of guanidine groups is 1. The van der Waals surface area contributed by atoms with Gasteiger partial charge in [-0.3, -0.25) is 25.2 Å². The molecule has 1 saturated heterocycles. The van der Waals surface area contributed by atoms with E-state index in [0.717, 1.165) is 4.88 Å². The molecule has 1 aliphatic rings. The summed E-state index contributed by atoms with van der Waals surface area (Å²) in [7, 11) is 0. The maximum atomic E-state index is 10.7. The predicted molar refractivity (Wildman–Crippen MR) is 49.5 cm³/mol. The number of aliphatic imine (C=N–C) groups is 1. The fourth-order valence-corrected chi connectivity index (χ4v) is 1.43. The van der Waals surface area contributed by atoms with Gasteiger partial charge in [-0.05, 0) is 0 Å². The van der Waals surface area contributed by atoms with E-state index in [9.17, 15) is 9.59 Å². The Hall–Kier alpha value is -1.76. The maximum Gasteiger partial charge on any atom is 0.316 e. The lowest BCUT2D eigenvalue weighted by atomic mass is 10.5. The SMILES string of the molecule is O=C1NC(=NCc2cncs2)NC1=O. The molecule has 6 nitrogen and oxygen atoms in total. The maximum absolute atomic E-state index is 10.7. The van der Waals surface area contributed by atoms with Gasteiger partial charge in [0, 0.05) is 11.1 Å². The third kappa shape index (κ3) is 1.77. The zero-order valence-corrected chi connectivity index (χ0v) is 7.80. The second-order valence-electron chi connectivity index (χ2n) is 2.54. The van der Waals surface area contributed by atoms with E-state index in [1.165, 1.54) is 11.3 Å². The van der Waals surface area contributed by atoms with Crippen LogP contribution in [0.15, 0.2) is 16.7 Å². The van der Waals surface area contributed by atoms with Crippen LogP contribution in [0.1, 0.15) is 4.88 Å². The summed E-state index contributed by atoms with van der Waals surface area (Å²) in [6.07, 6.45) is 1.69. The van der Waals surface area contributed by atoms with Crippen LogP contribution in [0.4, 0.5) is 0 Å². The van der Waals surface area contributed by atoms with Crippen LogP contribution >= 0.6 is 11.3 Å². The van der Waals surface area contributed by atoms with Crippen LogP contribution in [0, 0.1) is 0 Å². The first-order valence-corrected chi connectivity index (χ1v) is 4.68. The van der Waals surface area contributed by atoms with Crippen LogP contribution in [-0.2, 0) is 16.1 Å². The Morgan fingerprint density at radius 3 is 2.64 bits per heavy atom. The lowest BCUT2D eigenvalue weighted by Gasteiger charge is -1.93. The second kappa shape index (κ2) is 3.54. The minimum Gasteiger partial charge on any atom is -0.288 e. The Bertz CT molecular complexity index is 380. The molecule has 7 heteroatoms. The highest BCUT2D eigenvalue weighted by Gasteiger charge is 2.24. The number of hydrogen-bond acceptors (Lipinski definition) is 5. The van der Waals surface area contributed by atoms with Crippen LogP contribution in [-0.4, -0.2) is 22.8 Å². The van der Waals surface area contributed by atoms with E-state index in [1.54, 1.807) is 11.7 Å². The Balaban J connectivity index is 2.00. The minimum absolute atomic E-state index is 0.202. The number of nitrogens with zero attached hydrogens (tertiary/aromatic N) is 2. The molecule has 72 valence electrons. The molecule has 0 bridgehead atoms. The molecule has 14 heavy (non-hydrogen) atoms. The van der Waals surface area contributed by atoms with Gasteiger partial charge in [0.15, 0.2) is 0 Å². The quantitative estimate of drug-likeness (QED) is 0.630. The van der Waals surface area contributed by atoms with Crippen LogP contribution in [0.25, 0.3) is 0 Å². The lowest BCUT2D eigenvalue weighted by Crippen LogP contribution is -2.25. The minimum atomic E-state index is -0.673. The molecular formula is C7H6N4O2S.